The quantitative estimate of drug-likeness (QED) is 0.864. The molecule has 1 fully saturated rings. The summed E-state index contributed by atoms with van der Waals surface area (Å²) in [6.07, 6.45) is 4.67. The van der Waals surface area contributed by atoms with Gasteiger partial charge in [-0.25, -0.2) is 9.67 Å². The van der Waals surface area contributed by atoms with Crippen molar-refractivity contribution in [3.05, 3.63) is 48.5 Å². The molecule has 6 heteroatoms. The van der Waals surface area contributed by atoms with Crippen LogP contribution in [-0.4, -0.2) is 45.8 Å². The number of rotatable bonds is 4. The first-order valence-electron chi connectivity index (χ1n) is 7.50. The van der Waals surface area contributed by atoms with E-state index in [0.717, 1.165) is 24.9 Å². The molecule has 116 valence electrons. The number of methoxy groups -OCH3 is 1. The van der Waals surface area contributed by atoms with E-state index in [1.54, 1.807) is 13.4 Å². The first kappa shape index (κ1) is 14.7. The molecule has 1 saturated heterocycles. The molecule has 1 aliphatic rings. The summed E-state index contributed by atoms with van der Waals surface area (Å²) in [6, 6.07) is 9.80. The van der Waals surface area contributed by atoms with E-state index in [1.807, 2.05) is 39.9 Å². The summed E-state index contributed by atoms with van der Waals surface area (Å²) in [7, 11) is 1.58. The third kappa shape index (κ3) is 3.01. The van der Waals surface area contributed by atoms with Gasteiger partial charge in [-0.2, -0.15) is 5.10 Å². The van der Waals surface area contributed by atoms with Crippen LogP contribution in [0, 0.1) is 0 Å². The van der Waals surface area contributed by atoms with Crippen LogP contribution in [0.5, 0.6) is 0 Å². The Kier molecular flexibility index (Phi) is 4.48. The van der Waals surface area contributed by atoms with Crippen molar-refractivity contribution < 1.29 is 9.53 Å². The molecule has 6 nitrogen and oxygen atoms in total. The van der Waals surface area contributed by atoms with Crippen molar-refractivity contribution >= 4 is 5.91 Å². The Balaban J connectivity index is 1.73. The molecule has 0 saturated carbocycles. The highest BCUT2D eigenvalue weighted by atomic mass is 16.5. The third-order valence-electron chi connectivity index (χ3n) is 4.08. The van der Waals surface area contributed by atoms with Gasteiger partial charge < -0.3 is 9.64 Å². The summed E-state index contributed by atoms with van der Waals surface area (Å²) >= 11 is 0. The number of piperidine rings is 1. The molecule has 1 aliphatic heterocycles. The second-order valence-electron chi connectivity index (χ2n) is 5.48. The number of nitrogens with zero attached hydrogens (tertiary/aromatic N) is 4. The van der Waals surface area contributed by atoms with Crippen molar-refractivity contribution in [3.63, 3.8) is 0 Å². The molecular weight excluding hydrogens is 280 g/mol. The average molecular weight is 300 g/mol. The summed E-state index contributed by atoms with van der Waals surface area (Å²) in [4.78, 5) is 18.7. The van der Waals surface area contributed by atoms with Crippen LogP contribution in [0.4, 0.5) is 0 Å². The Morgan fingerprint density at radius 2 is 2.18 bits per heavy atom. The van der Waals surface area contributed by atoms with Gasteiger partial charge in [0.1, 0.15) is 12.7 Å². The summed E-state index contributed by atoms with van der Waals surface area (Å²) in [5.74, 6) is 0.0125. The van der Waals surface area contributed by atoms with Crippen LogP contribution in [0.15, 0.2) is 43.0 Å². The normalized spacial score (nSPS) is 19.9. The Bertz CT molecular complexity index is 600. The van der Waals surface area contributed by atoms with Crippen molar-refractivity contribution in [2.24, 2.45) is 0 Å². The minimum Gasteiger partial charge on any atom is -0.367 e. The van der Waals surface area contributed by atoms with Crippen LogP contribution in [0.25, 0.3) is 0 Å². The topological polar surface area (TPSA) is 60.2 Å². The minimum absolute atomic E-state index is 0.0125. The highest BCUT2D eigenvalue weighted by Crippen LogP contribution is 2.25. The molecule has 0 N–H and O–H groups in total. The van der Waals surface area contributed by atoms with Crippen molar-refractivity contribution in [3.8, 4) is 0 Å². The van der Waals surface area contributed by atoms with Crippen LogP contribution in [0.2, 0.25) is 0 Å². The number of likely N-dealkylation sites (tertiary alicyclic amines) is 1. The largest absolute Gasteiger partial charge is 0.367 e. The van der Waals surface area contributed by atoms with E-state index < -0.39 is 6.10 Å². The molecule has 0 radical (unpaired) electrons. The molecule has 1 aromatic carbocycles. The Morgan fingerprint density at radius 3 is 2.86 bits per heavy atom. The van der Waals surface area contributed by atoms with Gasteiger partial charge in [0.15, 0.2) is 6.10 Å². The van der Waals surface area contributed by atoms with E-state index in [-0.39, 0.29) is 11.9 Å². The fourth-order valence-corrected chi connectivity index (χ4v) is 2.95. The molecule has 0 spiro atoms. The van der Waals surface area contributed by atoms with E-state index in [4.69, 9.17) is 4.74 Å². The van der Waals surface area contributed by atoms with Crippen molar-refractivity contribution in [2.75, 3.05) is 20.2 Å². The number of hydrogen-bond donors (Lipinski definition) is 0. The first-order valence-corrected chi connectivity index (χ1v) is 7.50. The zero-order valence-electron chi connectivity index (χ0n) is 12.6. The maximum Gasteiger partial charge on any atom is 0.256 e. The zero-order chi connectivity index (χ0) is 15.4. The van der Waals surface area contributed by atoms with Gasteiger partial charge in [0.25, 0.3) is 5.91 Å². The van der Waals surface area contributed by atoms with E-state index in [1.165, 1.54) is 6.33 Å². The van der Waals surface area contributed by atoms with E-state index in [2.05, 4.69) is 10.1 Å². The molecular formula is C16H20N4O2. The Morgan fingerprint density at radius 1 is 1.36 bits per heavy atom. The molecule has 0 unspecified atom stereocenters. The van der Waals surface area contributed by atoms with Crippen LogP contribution in [0.3, 0.4) is 0 Å². The van der Waals surface area contributed by atoms with E-state index >= 15 is 0 Å². The lowest BCUT2D eigenvalue weighted by Gasteiger charge is -2.34. The smallest absolute Gasteiger partial charge is 0.256 e. The number of ether oxygens (including phenoxy) is 1. The molecule has 2 atom stereocenters. The van der Waals surface area contributed by atoms with Crippen molar-refractivity contribution in [1.82, 2.24) is 19.7 Å². The SMILES string of the molecule is CO[C@H](C(=O)N1CCC[C@@H](n2cncn2)C1)c1ccccc1. The second-order valence-corrected chi connectivity index (χ2v) is 5.48. The fourth-order valence-electron chi connectivity index (χ4n) is 2.95. The molecule has 2 aromatic rings. The van der Waals surface area contributed by atoms with Gasteiger partial charge in [0, 0.05) is 20.2 Å². The lowest BCUT2D eigenvalue weighted by Crippen LogP contribution is -2.43. The predicted molar refractivity (Wildman–Crippen MR) is 81.1 cm³/mol. The van der Waals surface area contributed by atoms with Gasteiger partial charge in [-0.15, -0.1) is 0 Å². The van der Waals surface area contributed by atoms with Crippen LogP contribution >= 0.6 is 0 Å². The standard InChI is InChI=1S/C16H20N4O2/c1-22-15(13-6-3-2-4-7-13)16(21)19-9-5-8-14(10-19)20-12-17-11-18-20/h2-4,6-7,11-12,14-15H,5,8-10H2,1H3/t14-,15+/m1/s1. The minimum atomic E-state index is -0.546. The lowest BCUT2D eigenvalue weighted by atomic mass is 10.0. The molecule has 0 bridgehead atoms. The fraction of sp³-hybridized carbons (Fsp3) is 0.438. The Labute approximate surface area is 129 Å². The number of carbonyl (C=O) groups excluding carboxylic acids is 1. The molecule has 2 heterocycles. The van der Waals surface area contributed by atoms with Gasteiger partial charge in [0.2, 0.25) is 0 Å². The predicted octanol–water partition coefficient (Wildman–Crippen LogP) is 1.83. The number of carbonyl (C=O) groups is 1. The van der Waals surface area contributed by atoms with Crippen molar-refractivity contribution in [1.29, 1.82) is 0 Å². The molecule has 22 heavy (non-hydrogen) atoms. The number of hydrogen-bond acceptors (Lipinski definition) is 4. The van der Waals surface area contributed by atoms with Gasteiger partial charge in [-0.3, -0.25) is 4.79 Å². The van der Waals surface area contributed by atoms with Crippen LogP contribution < -0.4 is 0 Å². The van der Waals surface area contributed by atoms with Crippen LogP contribution in [-0.2, 0) is 9.53 Å². The number of benzene rings is 1. The Hall–Kier alpha value is -2.21. The maximum atomic E-state index is 12.8. The van der Waals surface area contributed by atoms with Crippen LogP contribution in [0.1, 0.15) is 30.6 Å². The number of amides is 1. The molecule has 3 rings (SSSR count). The van der Waals surface area contributed by atoms with Crippen molar-refractivity contribution in [2.45, 2.75) is 25.0 Å². The summed E-state index contributed by atoms with van der Waals surface area (Å²) in [5, 5.41) is 4.19. The highest BCUT2D eigenvalue weighted by Gasteiger charge is 2.30. The number of aromatic nitrogens is 3. The highest BCUT2D eigenvalue weighted by molar-refractivity contribution is 5.82. The van der Waals surface area contributed by atoms with E-state index in [9.17, 15) is 4.79 Å². The monoisotopic (exact) mass is 300 g/mol. The maximum absolute atomic E-state index is 12.8. The van der Waals surface area contributed by atoms with E-state index in [0.29, 0.717) is 6.54 Å². The molecule has 1 amide bonds. The first-order chi connectivity index (χ1) is 10.8. The summed E-state index contributed by atoms with van der Waals surface area (Å²) in [5.41, 5.74) is 0.887. The third-order valence-corrected chi connectivity index (χ3v) is 4.08. The van der Waals surface area contributed by atoms with Gasteiger partial charge in [-0.05, 0) is 18.4 Å². The van der Waals surface area contributed by atoms with Gasteiger partial charge in [-0.1, -0.05) is 30.3 Å². The molecule has 1 aromatic heterocycles. The second kappa shape index (κ2) is 6.70. The summed E-state index contributed by atoms with van der Waals surface area (Å²) in [6.45, 7) is 1.41. The average Bonchev–Trinajstić information content (AvgIpc) is 3.11. The van der Waals surface area contributed by atoms with Gasteiger partial charge >= 0.3 is 0 Å². The summed E-state index contributed by atoms with van der Waals surface area (Å²) < 4.78 is 7.29. The lowest BCUT2D eigenvalue weighted by molar-refractivity contribution is -0.144. The van der Waals surface area contributed by atoms with Gasteiger partial charge in [0.05, 0.1) is 6.04 Å². The molecule has 0 aliphatic carbocycles. The zero-order valence-corrected chi connectivity index (χ0v) is 12.6.